The number of carbonyl (C=O) groups is 1. The van der Waals surface area contributed by atoms with E-state index in [1.165, 1.54) is 71.0 Å². The van der Waals surface area contributed by atoms with E-state index in [0.717, 1.165) is 25.0 Å². The van der Waals surface area contributed by atoms with Crippen LogP contribution < -0.4 is 5.32 Å². The SMILES string of the molecule is O=C(NC1CC1)[C@@H]1CCCN(C2CCN(C3CCC3)CC2)C1. The Balaban J connectivity index is 1.26. The zero-order valence-corrected chi connectivity index (χ0v) is 13.8. The molecule has 0 aromatic carbocycles. The maximum Gasteiger partial charge on any atom is 0.224 e. The van der Waals surface area contributed by atoms with E-state index in [-0.39, 0.29) is 5.92 Å². The van der Waals surface area contributed by atoms with Crippen molar-refractivity contribution in [2.75, 3.05) is 26.2 Å². The fraction of sp³-hybridized carbons (Fsp3) is 0.944. The van der Waals surface area contributed by atoms with Gasteiger partial charge in [0.2, 0.25) is 5.91 Å². The third-order valence-electron chi connectivity index (χ3n) is 6.35. The van der Waals surface area contributed by atoms with Crippen molar-refractivity contribution >= 4 is 5.91 Å². The molecule has 2 saturated carbocycles. The van der Waals surface area contributed by atoms with Gasteiger partial charge in [-0.25, -0.2) is 0 Å². The lowest BCUT2D eigenvalue weighted by molar-refractivity contribution is -0.127. The van der Waals surface area contributed by atoms with Gasteiger partial charge in [0, 0.05) is 24.7 Å². The molecule has 0 aromatic heterocycles. The van der Waals surface area contributed by atoms with E-state index in [1.807, 2.05) is 0 Å². The Morgan fingerprint density at radius 3 is 2.14 bits per heavy atom. The molecule has 2 aliphatic carbocycles. The van der Waals surface area contributed by atoms with Crippen LogP contribution in [0.2, 0.25) is 0 Å². The Kier molecular flexibility index (Phi) is 4.40. The van der Waals surface area contributed by atoms with Crippen LogP contribution in [0.4, 0.5) is 0 Å². The van der Waals surface area contributed by atoms with E-state index in [0.29, 0.717) is 11.9 Å². The first kappa shape index (κ1) is 14.9. The van der Waals surface area contributed by atoms with Crippen LogP contribution >= 0.6 is 0 Å². The van der Waals surface area contributed by atoms with Crippen molar-refractivity contribution in [2.45, 2.75) is 75.9 Å². The highest BCUT2D eigenvalue weighted by Gasteiger charge is 2.35. The first-order chi connectivity index (χ1) is 10.8. The predicted octanol–water partition coefficient (Wildman–Crippen LogP) is 1.99. The zero-order chi connectivity index (χ0) is 14.9. The van der Waals surface area contributed by atoms with Crippen LogP contribution in [0.3, 0.4) is 0 Å². The van der Waals surface area contributed by atoms with Crippen molar-refractivity contribution in [1.82, 2.24) is 15.1 Å². The summed E-state index contributed by atoms with van der Waals surface area (Å²) in [5, 5.41) is 3.21. The standard InChI is InChI=1S/C18H31N3O/c22-18(19-15-6-7-15)14-3-2-10-21(13-14)17-8-11-20(12-9-17)16-4-1-5-16/h14-17H,1-13H2,(H,19,22)/t14-/m1/s1. The molecule has 1 N–H and O–H groups in total. The second-order valence-corrected chi connectivity index (χ2v) is 7.97. The quantitative estimate of drug-likeness (QED) is 0.863. The molecule has 0 radical (unpaired) electrons. The Bertz CT molecular complexity index is 397. The molecule has 2 saturated heterocycles. The molecule has 2 aliphatic heterocycles. The van der Waals surface area contributed by atoms with E-state index in [9.17, 15) is 4.79 Å². The smallest absolute Gasteiger partial charge is 0.224 e. The Labute approximate surface area is 134 Å². The minimum Gasteiger partial charge on any atom is -0.353 e. The number of nitrogens with zero attached hydrogens (tertiary/aromatic N) is 2. The predicted molar refractivity (Wildman–Crippen MR) is 87.7 cm³/mol. The number of likely N-dealkylation sites (tertiary alicyclic amines) is 2. The molecule has 4 heteroatoms. The molecular formula is C18H31N3O. The fourth-order valence-corrected chi connectivity index (χ4v) is 4.47. The second-order valence-electron chi connectivity index (χ2n) is 7.97. The lowest BCUT2D eigenvalue weighted by atomic mass is 9.88. The molecule has 4 rings (SSSR count). The Morgan fingerprint density at radius 2 is 1.50 bits per heavy atom. The average Bonchev–Trinajstić information content (AvgIpc) is 3.30. The maximum atomic E-state index is 12.3. The highest BCUT2D eigenvalue weighted by Crippen LogP contribution is 2.30. The van der Waals surface area contributed by atoms with Crippen LogP contribution in [-0.2, 0) is 4.79 Å². The van der Waals surface area contributed by atoms with Gasteiger partial charge < -0.3 is 10.2 Å². The summed E-state index contributed by atoms with van der Waals surface area (Å²) < 4.78 is 0. The molecule has 1 amide bonds. The minimum atomic E-state index is 0.249. The number of nitrogens with one attached hydrogen (secondary N) is 1. The molecule has 0 unspecified atom stereocenters. The molecule has 124 valence electrons. The van der Waals surface area contributed by atoms with Crippen molar-refractivity contribution < 1.29 is 4.79 Å². The van der Waals surface area contributed by atoms with E-state index < -0.39 is 0 Å². The molecule has 22 heavy (non-hydrogen) atoms. The fourth-order valence-electron chi connectivity index (χ4n) is 4.47. The Hall–Kier alpha value is -0.610. The summed E-state index contributed by atoms with van der Waals surface area (Å²) in [5.41, 5.74) is 0. The van der Waals surface area contributed by atoms with Gasteiger partial charge in [-0.2, -0.15) is 0 Å². The summed E-state index contributed by atoms with van der Waals surface area (Å²) in [6.07, 6.45) is 11.6. The minimum absolute atomic E-state index is 0.249. The van der Waals surface area contributed by atoms with Gasteiger partial charge in [0.1, 0.15) is 0 Å². The highest BCUT2D eigenvalue weighted by molar-refractivity contribution is 5.79. The monoisotopic (exact) mass is 305 g/mol. The highest BCUT2D eigenvalue weighted by atomic mass is 16.2. The number of hydrogen-bond donors (Lipinski definition) is 1. The lowest BCUT2D eigenvalue weighted by Crippen LogP contribution is -2.53. The van der Waals surface area contributed by atoms with Crippen LogP contribution in [0.25, 0.3) is 0 Å². The van der Waals surface area contributed by atoms with Gasteiger partial charge in [0.25, 0.3) is 0 Å². The second kappa shape index (κ2) is 6.48. The van der Waals surface area contributed by atoms with Gasteiger partial charge in [0.15, 0.2) is 0 Å². The number of amides is 1. The first-order valence-electron chi connectivity index (χ1n) is 9.58. The number of carbonyl (C=O) groups excluding carboxylic acids is 1. The van der Waals surface area contributed by atoms with Crippen molar-refractivity contribution in [3.05, 3.63) is 0 Å². The molecular weight excluding hydrogens is 274 g/mol. The Morgan fingerprint density at radius 1 is 0.773 bits per heavy atom. The normalized spacial score (nSPS) is 32.6. The topological polar surface area (TPSA) is 35.6 Å². The molecule has 4 aliphatic rings. The molecule has 4 nitrogen and oxygen atoms in total. The summed E-state index contributed by atoms with van der Waals surface area (Å²) in [6.45, 7) is 4.78. The molecule has 4 fully saturated rings. The molecule has 0 aromatic rings. The van der Waals surface area contributed by atoms with E-state index in [4.69, 9.17) is 0 Å². The molecule has 1 atom stereocenters. The first-order valence-corrected chi connectivity index (χ1v) is 9.58. The number of rotatable bonds is 4. The third kappa shape index (κ3) is 3.33. The lowest BCUT2D eigenvalue weighted by Gasteiger charge is -2.45. The van der Waals surface area contributed by atoms with Gasteiger partial charge >= 0.3 is 0 Å². The van der Waals surface area contributed by atoms with Gasteiger partial charge in [-0.05, 0) is 71.0 Å². The van der Waals surface area contributed by atoms with E-state index >= 15 is 0 Å². The zero-order valence-electron chi connectivity index (χ0n) is 13.8. The van der Waals surface area contributed by atoms with Crippen LogP contribution in [-0.4, -0.2) is 60.0 Å². The van der Waals surface area contributed by atoms with Crippen LogP contribution in [0.1, 0.15) is 57.8 Å². The van der Waals surface area contributed by atoms with Gasteiger partial charge in [-0.1, -0.05) is 6.42 Å². The van der Waals surface area contributed by atoms with Gasteiger partial charge in [-0.15, -0.1) is 0 Å². The molecule has 0 spiro atoms. The van der Waals surface area contributed by atoms with Crippen LogP contribution in [0.15, 0.2) is 0 Å². The van der Waals surface area contributed by atoms with Gasteiger partial charge in [-0.3, -0.25) is 9.69 Å². The number of hydrogen-bond acceptors (Lipinski definition) is 3. The van der Waals surface area contributed by atoms with Crippen molar-refractivity contribution in [2.24, 2.45) is 5.92 Å². The maximum absolute atomic E-state index is 12.3. The van der Waals surface area contributed by atoms with Crippen LogP contribution in [0, 0.1) is 5.92 Å². The van der Waals surface area contributed by atoms with E-state index in [2.05, 4.69) is 15.1 Å². The number of piperidine rings is 2. The summed E-state index contributed by atoms with van der Waals surface area (Å²) in [6, 6.07) is 2.14. The molecule has 2 heterocycles. The van der Waals surface area contributed by atoms with Gasteiger partial charge in [0.05, 0.1) is 5.92 Å². The summed E-state index contributed by atoms with van der Waals surface area (Å²) in [5.74, 6) is 0.582. The van der Waals surface area contributed by atoms with Crippen molar-refractivity contribution in [3.8, 4) is 0 Å². The van der Waals surface area contributed by atoms with E-state index in [1.54, 1.807) is 0 Å². The summed E-state index contributed by atoms with van der Waals surface area (Å²) in [4.78, 5) is 17.7. The van der Waals surface area contributed by atoms with Crippen LogP contribution in [0.5, 0.6) is 0 Å². The summed E-state index contributed by atoms with van der Waals surface area (Å²) >= 11 is 0. The summed E-state index contributed by atoms with van der Waals surface area (Å²) in [7, 11) is 0. The van der Waals surface area contributed by atoms with Crippen molar-refractivity contribution in [1.29, 1.82) is 0 Å². The average molecular weight is 305 g/mol. The van der Waals surface area contributed by atoms with Crippen molar-refractivity contribution in [3.63, 3.8) is 0 Å². The largest absolute Gasteiger partial charge is 0.353 e. The molecule has 0 bridgehead atoms. The third-order valence-corrected chi connectivity index (χ3v) is 6.35.